The summed E-state index contributed by atoms with van der Waals surface area (Å²) >= 11 is 6.56. The van der Waals surface area contributed by atoms with Gasteiger partial charge < -0.3 is 10.1 Å². The number of ether oxygens (including phenoxy) is 1. The van der Waals surface area contributed by atoms with E-state index in [-0.39, 0.29) is 23.6 Å². The second-order valence-electron chi connectivity index (χ2n) is 7.27. The molecule has 152 valence electrons. The van der Waals surface area contributed by atoms with Crippen LogP contribution in [0.1, 0.15) is 32.3 Å². The molecule has 1 atom stereocenters. The van der Waals surface area contributed by atoms with E-state index in [0.29, 0.717) is 32.8 Å². The second-order valence-corrected chi connectivity index (χ2v) is 8.95. The van der Waals surface area contributed by atoms with Gasteiger partial charge in [-0.2, -0.15) is 0 Å². The highest BCUT2D eigenvalue weighted by molar-refractivity contribution is 8.26. The number of anilines is 1. The summed E-state index contributed by atoms with van der Waals surface area (Å²) < 4.78 is 7.64. The summed E-state index contributed by atoms with van der Waals surface area (Å²) in [6.45, 7) is 5.14. The maximum atomic E-state index is 13.2. The van der Waals surface area contributed by atoms with Gasteiger partial charge in [0.05, 0.1) is 16.6 Å². The van der Waals surface area contributed by atoms with Crippen LogP contribution in [-0.4, -0.2) is 49.8 Å². The van der Waals surface area contributed by atoms with Crippen molar-refractivity contribution in [3.05, 3.63) is 45.2 Å². The van der Waals surface area contributed by atoms with E-state index in [0.717, 1.165) is 19.4 Å². The number of nitrogens with zero attached hydrogens (tertiary/aromatic N) is 3. The van der Waals surface area contributed by atoms with E-state index in [1.165, 1.54) is 16.2 Å². The minimum atomic E-state index is -0.236. The molecule has 4 heterocycles. The molecule has 2 aliphatic heterocycles. The number of aromatic nitrogens is 2. The predicted molar refractivity (Wildman–Crippen MR) is 119 cm³/mol. The van der Waals surface area contributed by atoms with Gasteiger partial charge in [-0.15, -0.1) is 0 Å². The van der Waals surface area contributed by atoms with Crippen LogP contribution in [0, 0.1) is 0 Å². The van der Waals surface area contributed by atoms with E-state index in [1.807, 2.05) is 19.9 Å². The number of nitrogens with one attached hydrogen (secondary N) is 1. The second kappa shape index (κ2) is 8.25. The van der Waals surface area contributed by atoms with E-state index in [9.17, 15) is 9.59 Å². The van der Waals surface area contributed by atoms with Crippen molar-refractivity contribution in [2.24, 2.45) is 0 Å². The van der Waals surface area contributed by atoms with Crippen LogP contribution in [0.25, 0.3) is 11.7 Å². The van der Waals surface area contributed by atoms with Crippen LogP contribution in [0.15, 0.2) is 34.1 Å². The molecule has 0 aliphatic carbocycles. The largest absolute Gasteiger partial charge is 0.376 e. The summed E-state index contributed by atoms with van der Waals surface area (Å²) in [6.07, 6.45) is 5.38. The molecule has 2 aromatic heterocycles. The number of carbonyl (C=O) groups excluding carboxylic acids is 1. The zero-order valence-corrected chi connectivity index (χ0v) is 17.9. The molecule has 2 saturated heterocycles. The fourth-order valence-electron chi connectivity index (χ4n) is 3.44. The normalized spacial score (nSPS) is 21.1. The molecule has 0 saturated carbocycles. The molecule has 9 heteroatoms. The maximum absolute atomic E-state index is 13.2. The third-order valence-electron chi connectivity index (χ3n) is 4.91. The first-order valence-corrected chi connectivity index (χ1v) is 10.8. The molecule has 0 spiro atoms. The minimum Gasteiger partial charge on any atom is -0.376 e. The fraction of sp³-hybridized carbons (Fsp3) is 0.400. The van der Waals surface area contributed by atoms with E-state index in [2.05, 4.69) is 10.3 Å². The lowest BCUT2D eigenvalue weighted by Gasteiger charge is -2.18. The molecule has 1 amide bonds. The van der Waals surface area contributed by atoms with Crippen molar-refractivity contribution >= 4 is 51.7 Å². The molecular formula is C20H22N4O3S2. The topological polar surface area (TPSA) is 75.9 Å². The zero-order valence-electron chi connectivity index (χ0n) is 16.3. The van der Waals surface area contributed by atoms with Gasteiger partial charge in [0.15, 0.2) is 0 Å². The number of carbonyl (C=O) groups is 1. The first-order chi connectivity index (χ1) is 14.0. The minimum absolute atomic E-state index is 0.0404. The van der Waals surface area contributed by atoms with Gasteiger partial charge in [-0.1, -0.05) is 30.0 Å². The third kappa shape index (κ3) is 3.94. The van der Waals surface area contributed by atoms with Crippen LogP contribution in [0.3, 0.4) is 0 Å². The van der Waals surface area contributed by atoms with Crippen LogP contribution < -0.4 is 10.9 Å². The Labute approximate surface area is 178 Å². The Hall–Kier alpha value is -2.23. The molecule has 2 aromatic rings. The Kier molecular flexibility index (Phi) is 5.71. The van der Waals surface area contributed by atoms with Crippen molar-refractivity contribution in [2.45, 2.75) is 38.8 Å². The van der Waals surface area contributed by atoms with E-state index >= 15 is 0 Å². The van der Waals surface area contributed by atoms with Gasteiger partial charge in [-0.3, -0.25) is 18.9 Å². The van der Waals surface area contributed by atoms with Gasteiger partial charge in [0.1, 0.15) is 15.8 Å². The number of hydrogen-bond acceptors (Lipinski definition) is 7. The number of fused-ring (bicyclic) bond motifs is 1. The lowest BCUT2D eigenvalue weighted by molar-refractivity contribution is -0.123. The molecule has 4 rings (SSSR count). The zero-order chi connectivity index (χ0) is 20.5. The average Bonchev–Trinajstić information content (AvgIpc) is 3.30. The van der Waals surface area contributed by atoms with Gasteiger partial charge in [0.25, 0.3) is 11.5 Å². The van der Waals surface area contributed by atoms with Crippen LogP contribution in [0.2, 0.25) is 0 Å². The highest BCUT2D eigenvalue weighted by Gasteiger charge is 2.34. The van der Waals surface area contributed by atoms with Crippen molar-refractivity contribution in [1.82, 2.24) is 14.3 Å². The summed E-state index contributed by atoms with van der Waals surface area (Å²) in [5.74, 6) is 0.268. The summed E-state index contributed by atoms with van der Waals surface area (Å²) in [4.78, 5) is 32.6. The summed E-state index contributed by atoms with van der Waals surface area (Å²) in [5.41, 5.74) is 0.649. The quantitative estimate of drug-likeness (QED) is 0.577. The van der Waals surface area contributed by atoms with Gasteiger partial charge in [0, 0.05) is 25.4 Å². The van der Waals surface area contributed by atoms with E-state index in [4.69, 9.17) is 17.0 Å². The Balaban J connectivity index is 1.76. The van der Waals surface area contributed by atoms with Gasteiger partial charge in [-0.05, 0) is 44.9 Å². The van der Waals surface area contributed by atoms with Crippen LogP contribution in [0.4, 0.5) is 5.82 Å². The first-order valence-electron chi connectivity index (χ1n) is 9.59. The van der Waals surface area contributed by atoms with E-state index in [1.54, 1.807) is 29.3 Å². The Morgan fingerprint density at radius 3 is 2.93 bits per heavy atom. The summed E-state index contributed by atoms with van der Waals surface area (Å²) in [6, 6.07) is 5.35. The third-order valence-corrected chi connectivity index (χ3v) is 6.24. The molecule has 2 fully saturated rings. The first kappa shape index (κ1) is 20.1. The molecule has 7 nitrogen and oxygen atoms in total. The number of hydrogen-bond donors (Lipinski definition) is 1. The van der Waals surface area contributed by atoms with Crippen molar-refractivity contribution in [2.75, 3.05) is 18.5 Å². The molecule has 1 unspecified atom stereocenters. The van der Waals surface area contributed by atoms with E-state index < -0.39 is 0 Å². The van der Waals surface area contributed by atoms with Crippen molar-refractivity contribution in [1.29, 1.82) is 0 Å². The van der Waals surface area contributed by atoms with Crippen LogP contribution in [-0.2, 0) is 9.53 Å². The number of amides is 1. The number of pyridine rings is 1. The highest BCUT2D eigenvalue weighted by Crippen LogP contribution is 2.34. The van der Waals surface area contributed by atoms with Crippen molar-refractivity contribution < 1.29 is 9.53 Å². The van der Waals surface area contributed by atoms with Crippen molar-refractivity contribution in [3.8, 4) is 0 Å². The molecule has 1 N–H and O–H groups in total. The molecule has 0 aromatic carbocycles. The lowest BCUT2D eigenvalue weighted by Crippen LogP contribution is -2.34. The monoisotopic (exact) mass is 430 g/mol. The highest BCUT2D eigenvalue weighted by atomic mass is 32.2. The SMILES string of the molecule is CC(C)N1C(=O)C(=Cc2c(NCC3CCCO3)nc3ccccn3c2=O)SC1=S. The van der Waals surface area contributed by atoms with Crippen molar-refractivity contribution in [3.63, 3.8) is 0 Å². The maximum Gasteiger partial charge on any atom is 0.267 e. The Morgan fingerprint density at radius 2 is 2.24 bits per heavy atom. The van der Waals surface area contributed by atoms with Gasteiger partial charge in [-0.25, -0.2) is 4.98 Å². The van der Waals surface area contributed by atoms with Gasteiger partial charge in [0.2, 0.25) is 0 Å². The Bertz CT molecular complexity index is 1060. The Morgan fingerprint density at radius 1 is 1.41 bits per heavy atom. The van der Waals surface area contributed by atoms with Crippen LogP contribution >= 0.6 is 24.0 Å². The van der Waals surface area contributed by atoms with Gasteiger partial charge >= 0.3 is 0 Å². The number of rotatable bonds is 5. The van der Waals surface area contributed by atoms with Crippen LogP contribution in [0.5, 0.6) is 0 Å². The fourth-order valence-corrected chi connectivity index (χ4v) is 4.95. The summed E-state index contributed by atoms with van der Waals surface area (Å²) in [7, 11) is 0. The molecular weight excluding hydrogens is 408 g/mol. The molecule has 0 radical (unpaired) electrons. The number of thioether (sulfide) groups is 1. The standard InChI is InChI=1S/C20H22N4O3S2/c1-12(2)24-19(26)15(29-20(24)28)10-14-17(21-11-13-6-5-9-27-13)22-16-7-3-4-8-23(16)18(14)25/h3-4,7-8,10,12-13,21H,5-6,9,11H2,1-2H3. The molecule has 29 heavy (non-hydrogen) atoms. The smallest absolute Gasteiger partial charge is 0.267 e. The lowest BCUT2D eigenvalue weighted by atomic mass is 10.2. The number of thiocarbonyl (C=S) groups is 1. The average molecular weight is 431 g/mol. The molecule has 0 bridgehead atoms. The summed E-state index contributed by atoms with van der Waals surface area (Å²) in [5, 5.41) is 3.26. The molecule has 2 aliphatic rings. The predicted octanol–water partition coefficient (Wildman–Crippen LogP) is 2.90.